The lowest BCUT2D eigenvalue weighted by Crippen LogP contribution is -2.15. The third kappa shape index (κ3) is 2.03. The monoisotopic (exact) mass is 272 g/mol. The maximum absolute atomic E-state index is 11.6. The summed E-state index contributed by atoms with van der Waals surface area (Å²) in [4.78, 5) is 23.1. The van der Waals surface area contributed by atoms with Crippen LogP contribution in [0.3, 0.4) is 0 Å². The van der Waals surface area contributed by atoms with Crippen LogP contribution in [0.4, 0.5) is 0 Å². The molecule has 0 atom stereocenters. The van der Waals surface area contributed by atoms with Crippen LogP contribution in [0.2, 0.25) is 0 Å². The van der Waals surface area contributed by atoms with Crippen LogP contribution in [0.25, 0.3) is 10.8 Å². The van der Waals surface area contributed by atoms with E-state index in [4.69, 9.17) is 0 Å². The van der Waals surface area contributed by atoms with Crippen molar-refractivity contribution in [2.24, 2.45) is 0 Å². The molecule has 0 heterocycles. The second-order valence-corrected chi connectivity index (χ2v) is 4.57. The highest BCUT2D eigenvalue weighted by Crippen LogP contribution is 2.31. The fourth-order valence-electron chi connectivity index (χ4n) is 2.79. The van der Waals surface area contributed by atoms with E-state index in [9.17, 15) is 19.8 Å². The summed E-state index contributed by atoms with van der Waals surface area (Å²) in [6.45, 7) is 3.68. The minimum absolute atomic E-state index is 0.0736. The molecule has 0 aromatic heterocycles. The normalized spacial score (nSPS) is 10.7. The highest BCUT2D eigenvalue weighted by Gasteiger charge is 2.25. The first-order valence-corrected chi connectivity index (χ1v) is 6.55. The van der Waals surface area contributed by atoms with Gasteiger partial charge in [0.05, 0.1) is 11.1 Å². The number of hydrogen-bond acceptors (Lipinski definition) is 2. The van der Waals surface area contributed by atoms with Gasteiger partial charge in [0.15, 0.2) is 0 Å². The number of hydrogen-bond donors (Lipinski definition) is 2. The van der Waals surface area contributed by atoms with Gasteiger partial charge in [0.2, 0.25) is 0 Å². The molecule has 4 nitrogen and oxygen atoms in total. The largest absolute Gasteiger partial charge is 0.478 e. The molecule has 2 N–H and O–H groups in total. The predicted octanol–water partition coefficient (Wildman–Crippen LogP) is 3.36. The van der Waals surface area contributed by atoms with Gasteiger partial charge < -0.3 is 10.2 Å². The van der Waals surface area contributed by atoms with Gasteiger partial charge in [-0.25, -0.2) is 9.59 Å². The van der Waals surface area contributed by atoms with Gasteiger partial charge >= 0.3 is 11.9 Å². The Morgan fingerprint density at radius 2 is 1.20 bits per heavy atom. The zero-order valence-corrected chi connectivity index (χ0v) is 11.4. The lowest BCUT2D eigenvalue weighted by atomic mass is 9.87. The Morgan fingerprint density at radius 1 is 0.850 bits per heavy atom. The number of aromatic carboxylic acids is 2. The van der Waals surface area contributed by atoms with Gasteiger partial charge in [0.1, 0.15) is 0 Å². The lowest BCUT2D eigenvalue weighted by molar-refractivity contribution is 0.0650. The molecule has 4 heteroatoms. The zero-order valence-electron chi connectivity index (χ0n) is 11.4. The quantitative estimate of drug-likeness (QED) is 0.894. The molecule has 0 unspecified atom stereocenters. The smallest absolute Gasteiger partial charge is 0.336 e. The standard InChI is InChI=1S/C16H16O4/c1-3-9-11-7-5-6-8-12(11)10(4-2)14(16(19)20)13(9)15(17)18/h5-8H,3-4H2,1-2H3,(H,17,18)(H,19,20). The molecular weight excluding hydrogens is 256 g/mol. The van der Waals surface area contributed by atoms with Gasteiger partial charge in [-0.15, -0.1) is 0 Å². The SMILES string of the molecule is CCc1c(C(=O)O)c(C(=O)O)c(CC)c2ccccc12. The number of benzene rings is 2. The van der Waals surface area contributed by atoms with Crippen molar-refractivity contribution in [1.29, 1.82) is 0 Å². The van der Waals surface area contributed by atoms with Crippen LogP contribution in [-0.2, 0) is 12.8 Å². The van der Waals surface area contributed by atoms with E-state index in [1.807, 2.05) is 38.1 Å². The molecule has 0 spiro atoms. The lowest BCUT2D eigenvalue weighted by Gasteiger charge is -2.16. The second-order valence-electron chi connectivity index (χ2n) is 4.57. The van der Waals surface area contributed by atoms with E-state index < -0.39 is 11.9 Å². The van der Waals surface area contributed by atoms with Gasteiger partial charge in [-0.3, -0.25) is 0 Å². The summed E-state index contributed by atoms with van der Waals surface area (Å²) in [5.41, 5.74) is 1.02. The van der Waals surface area contributed by atoms with Crippen LogP contribution < -0.4 is 0 Å². The minimum atomic E-state index is -1.18. The molecule has 0 amide bonds. The first-order valence-electron chi connectivity index (χ1n) is 6.55. The number of fused-ring (bicyclic) bond motifs is 1. The molecule has 2 aromatic rings. The van der Waals surface area contributed by atoms with Crippen LogP contribution in [0.15, 0.2) is 24.3 Å². The highest BCUT2D eigenvalue weighted by molar-refractivity contribution is 6.10. The molecule has 0 aliphatic carbocycles. The van der Waals surface area contributed by atoms with Crippen molar-refractivity contribution in [3.63, 3.8) is 0 Å². The molecule has 0 saturated carbocycles. The summed E-state index contributed by atoms with van der Waals surface area (Å²) in [5, 5.41) is 20.5. The molecule has 0 bridgehead atoms. The molecule has 20 heavy (non-hydrogen) atoms. The maximum Gasteiger partial charge on any atom is 0.336 e. The summed E-state index contributed by atoms with van der Waals surface area (Å²) >= 11 is 0. The van der Waals surface area contributed by atoms with E-state index in [1.165, 1.54) is 0 Å². The highest BCUT2D eigenvalue weighted by atomic mass is 16.4. The van der Waals surface area contributed by atoms with E-state index >= 15 is 0 Å². The minimum Gasteiger partial charge on any atom is -0.478 e. The summed E-state index contributed by atoms with van der Waals surface area (Å²) < 4.78 is 0. The third-order valence-corrected chi connectivity index (χ3v) is 3.57. The molecule has 0 radical (unpaired) electrons. The Balaban J connectivity index is 3.09. The molecule has 0 aliphatic rings. The first-order chi connectivity index (χ1) is 9.52. The molecular formula is C16H16O4. The Labute approximate surface area is 116 Å². The summed E-state index contributed by atoms with van der Waals surface area (Å²) in [5.74, 6) is -2.36. The number of carboxylic acid groups (broad SMARTS) is 2. The van der Waals surface area contributed by atoms with Crippen molar-refractivity contribution < 1.29 is 19.8 Å². The van der Waals surface area contributed by atoms with E-state index in [-0.39, 0.29) is 11.1 Å². The van der Waals surface area contributed by atoms with Crippen molar-refractivity contribution in [3.8, 4) is 0 Å². The van der Waals surface area contributed by atoms with Gasteiger partial charge in [-0.05, 0) is 34.7 Å². The summed E-state index contributed by atoms with van der Waals surface area (Å²) in [6, 6.07) is 7.39. The molecule has 2 rings (SSSR count). The third-order valence-electron chi connectivity index (χ3n) is 3.57. The van der Waals surface area contributed by atoms with Crippen LogP contribution in [-0.4, -0.2) is 22.2 Å². The van der Waals surface area contributed by atoms with Crippen molar-refractivity contribution in [1.82, 2.24) is 0 Å². The van der Waals surface area contributed by atoms with Gasteiger partial charge in [-0.2, -0.15) is 0 Å². The van der Waals surface area contributed by atoms with Crippen LogP contribution in [0.5, 0.6) is 0 Å². The van der Waals surface area contributed by atoms with Crippen molar-refractivity contribution in [2.45, 2.75) is 26.7 Å². The Bertz CT molecular complexity index is 641. The Kier molecular flexibility index (Phi) is 3.74. The maximum atomic E-state index is 11.6. The summed E-state index contributed by atoms with van der Waals surface area (Å²) in [7, 11) is 0. The first kappa shape index (κ1) is 14.1. The van der Waals surface area contributed by atoms with E-state index in [2.05, 4.69) is 0 Å². The number of carbonyl (C=O) groups is 2. The topological polar surface area (TPSA) is 74.6 Å². The van der Waals surface area contributed by atoms with Gasteiger partial charge in [0.25, 0.3) is 0 Å². The molecule has 0 saturated heterocycles. The number of aryl methyl sites for hydroxylation is 2. The zero-order chi connectivity index (χ0) is 14.9. The number of carboxylic acids is 2. The fraction of sp³-hybridized carbons (Fsp3) is 0.250. The van der Waals surface area contributed by atoms with Gasteiger partial charge in [0, 0.05) is 0 Å². The fourth-order valence-corrected chi connectivity index (χ4v) is 2.79. The predicted molar refractivity (Wildman–Crippen MR) is 76.6 cm³/mol. The average molecular weight is 272 g/mol. The average Bonchev–Trinajstić information content (AvgIpc) is 2.44. The van der Waals surface area contributed by atoms with Crippen LogP contribution in [0.1, 0.15) is 45.7 Å². The van der Waals surface area contributed by atoms with Crippen LogP contribution >= 0.6 is 0 Å². The Morgan fingerprint density at radius 3 is 1.45 bits per heavy atom. The van der Waals surface area contributed by atoms with E-state index in [1.54, 1.807) is 0 Å². The van der Waals surface area contributed by atoms with Crippen molar-refractivity contribution in [2.75, 3.05) is 0 Å². The Hall–Kier alpha value is -2.36. The molecule has 2 aromatic carbocycles. The van der Waals surface area contributed by atoms with Crippen LogP contribution in [0, 0.1) is 0 Å². The summed E-state index contributed by atoms with van der Waals surface area (Å²) in [6.07, 6.45) is 0.957. The van der Waals surface area contributed by atoms with Gasteiger partial charge in [-0.1, -0.05) is 38.1 Å². The molecule has 0 fully saturated rings. The number of rotatable bonds is 4. The molecule has 104 valence electrons. The van der Waals surface area contributed by atoms with E-state index in [0.717, 1.165) is 10.8 Å². The van der Waals surface area contributed by atoms with Crippen molar-refractivity contribution in [3.05, 3.63) is 46.5 Å². The van der Waals surface area contributed by atoms with Crippen molar-refractivity contribution >= 4 is 22.7 Å². The van der Waals surface area contributed by atoms with E-state index in [0.29, 0.717) is 24.0 Å². The second kappa shape index (κ2) is 5.33. The molecule has 0 aliphatic heterocycles.